The van der Waals surface area contributed by atoms with Gasteiger partial charge in [0, 0.05) is 31.6 Å². The zero-order chi connectivity index (χ0) is 16.0. The van der Waals surface area contributed by atoms with Crippen LogP contribution in [0.15, 0.2) is 12.1 Å². The third-order valence-corrected chi connectivity index (χ3v) is 3.88. The number of nitrogens with zero attached hydrogens (tertiary/aromatic N) is 1. The molecule has 0 aliphatic heterocycles. The van der Waals surface area contributed by atoms with Gasteiger partial charge in [0.25, 0.3) is 5.91 Å². The summed E-state index contributed by atoms with van der Waals surface area (Å²) >= 11 is 11.7. The summed E-state index contributed by atoms with van der Waals surface area (Å²) in [4.78, 5) is 25.5. The minimum atomic E-state index is -0.340. The van der Waals surface area contributed by atoms with Gasteiger partial charge in [0.15, 0.2) is 0 Å². The van der Waals surface area contributed by atoms with Gasteiger partial charge >= 0.3 is 0 Å². The van der Waals surface area contributed by atoms with Crippen LogP contribution in [0.1, 0.15) is 30.6 Å². The molecule has 7 heteroatoms. The van der Waals surface area contributed by atoms with E-state index in [1.807, 2.05) is 13.8 Å². The van der Waals surface area contributed by atoms with E-state index in [0.717, 1.165) is 0 Å². The van der Waals surface area contributed by atoms with Gasteiger partial charge in [-0.15, -0.1) is 0 Å². The molecule has 1 rings (SSSR count). The molecule has 0 spiro atoms. The maximum Gasteiger partial charge on any atom is 0.251 e. The van der Waals surface area contributed by atoms with Crippen molar-refractivity contribution in [1.82, 2.24) is 10.2 Å². The molecule has 1 aromatic rings. The van der Waals surface area contributed by atoms with E-state index in [1.54, 1.807) is 4.90 Å². The summed E-state index contributed by atoms with van der Waals surface area (Å²) in [7, 11) is 0. The molecule has 21 heavy (non-hydrogen) atoms. The van der Waals surface area contributed by atoms with Crippen LogP contribution >= 0.6 is 23.2 Å². The van der Waals surface area contributed by atoms with E-state index in [4.69, 9.17) is 28.9 Å². The standard InChI is InChI=1S/C14H19Cl2N3O2/c1-3-19(4-2)12(20)5-6-18-14(21)9-7-10(15)13(16)11(17)8-9/h7-8H,3-6,17H2,1-2H3,(H,18,21). The average molecular weight is 332 g/mol. The monoisotopic (exact) mass is 331 g/mol. The van der Waals surface area contributed by atoms with E-state index in [-0.39, 0.29) is 40.5 Å². The summed E-state index contributed by atoms with van der Waals surface area (Å²) in [6.07, 6.45) is 0.254. The fourth-order valence-electron chi connectivity index (χ4n) is 1.86. The molecule has 0 fully saturated rings. The predicted molar refractivity (Wildman–Crippen MR) is 85.8 cm³/mol. The number of benzene rings is 1. The van der Waals surface area contributed by atoms with E-state index in [0.29, 0.717) is 18.7 Å². The molecule has 0 bridgehead atoms. The van der Waals surface area contributed by atoms with Gasteiger partial charge in [-0.2, -0.15) is 0 Å². The lowest BCUT2D eigenvalue weighted by molar-refractivity contribution is -0.130. The molecule has 0 radical (unpaired) electrons. The number of anilines is 1. The Hall–Kier alpha value is -1.46. The van der Waals surface area contributed by atoms with Crippen molar-refractivity contribution >= 4 is 40.7 Å². The minimum Gasteiger partial charge on any atom is -0.397 e. The fourth-order valence-corrected chi connectivity index (χ4v) is 2.20. The number of halogens is 2. The normalized spacial score (nSPS) is 10.3. The van der Waals surface area contributed by atoms with Gasteiger partial charge in [0.2, 0.25) is 5.91 Å². The predicted octanol–water partition coefficient (Wildman–Crippen LogP) is 2.56. The highest BCUT2D eigenvalue weighted by Crippen LogP contribution is 2.29. The first-order valence-electron chi connectivity index (χ1n) is 6.71. The quantitative estimate of drug-likeness (QED) is 0.786. The summed E-state index contributed by atoms with van der Waals surface area (Å²) in [5, 5.41) is 3.11. The molecule has 0 aliphatic carbocycles. The molecule has 2 amide bonds. The molecule has 5 nitrogen and oxygen atoms in total. The van der Waals surface area contributed by atoms with Crippen molar-refractivity contribution in [2.24, 2.45) is 0 Å². The molecule has 0 saturated heterocycles. The highest BCUT2D eigenvalue weighted by atomic mass is 35.5. The third-order valence-electron chi connectivity index (χ3n) is 3.06. The van der Waals surface area contributed by atoms with Crippen molar-refractivity contribution in [2.45, 2.75) is 20.3 Å². The Bertz CT molecular complexity index is 508. The Morgan fingerprint density at radius 2 is 1.86 bits per heavy atom. The summed E-state index contributed by atoms with van der Waals surface area (Å²) in [5.74, 6) is -0.332. The highest BCUT2D eigenvalue weighted by molar-refractivity contribution is 6.43. The van der Waals surface area contributed by atoms with Gasteiger partial charge in [-0.3, -0.25) is 9.59 Å². The Labute approximate surface area is 134 Å². The third kappa shape index (κ3) is 4.79. The summed E-state index contributed by atoms with van der Waals surface area (Å²) in [5.41, 5.74) is 6.22. The topological polar surface area (TPSA) is 75.4 Å². The van der Waals surface area contributed by atoms with Crippen LogP contribution in [-0.2, 0) is 4.79 Å². The summed E-state index contributed by atoms with van der Waals surface area (Å²) in [6.45, 7) is 5.41. The van der Waals surface area contributed by atoms with Crippen LogP contribution in [0.4, 0.5) is 5.69 Å². The minimum absolute atomic E-state index is 0.00829. The first-order chi connectivity index (χ1) is 9.90. The molecule has 116 valence electrons. The molecule has 0 unspecified atom stereocenters. The molecule has 0 aromatic heterocycles. The maximum absolute atomic E-state index is 12.0. The van der Waals surface area contributed by atoms with Gasteiger partial charge < -0.3 is 16.0 Å². The number of nitrogen functional groups attached to an aromatic ring is 1. The summed E-state index contributed by atoms with van der Waals surface area (Å²) in [6, 6.07) is 2.90. The van der Waals surface area contributed by atoms with Crippen LogP contribution in [0.25, 0.3) is 0 Å². The number of nitrogens with two attached hydrogens (primary N) is 1. The summed E-state index contributed by atoms with van der Waals surface area (Å²) < 4.78 is 0. The van der Waals surface area contributed by atoms with Crippen LogP contribution in [0, 0.1) is 0 Å². The number of amides is 2. The van der Waals surface area contributed by atoms with Crippen molar-refractivity contribution in [1.29, 1.82) is 0 Å². The number of carbonyl (C=O) groups excluding carboxylic acids is 2. The van der Waals surface area contributed by atoms with E-state index >= 15 is 0 Å². The van der Waals surface area contributed by atoms with Crippen molar-refractivity contribution in [3.8, 4) is 0 Å². The second-order valence-electron chi connectivity index (χ2n) is 4.43. The number of hydrogen-bond donors (Lipinski definition) is 2. The Balaban J connectivity index is 2.57. The maximum atomic E-state index is 12.0. The molecular formula is C14H19Cl2N3O2. The van der Waals surface area contributed by atoms with Gasteiger partial charge in [0.1, 0.15) is 0 Å². The number of carbonyl (C=O) groups is 2. The van der Waals surface area contributed by atoms with Gasteiger partial charge in [-0.05, 0) is 26.0 Å². The zero-order valence-electron chi connectivity index (χ0n) is 12.1. The Kier molecular flexibility index (Phi) is 6.78. The van der Waals surface area contributed by atoms with Crippen LogP contribution in [-0.4, -0.2) is 36.3 Å². The number of nitrogens with one attached hydrogen (secondary N) is 1. The molecule has 0 saturated carbocycles. The first kappa shape index (κ1) is 17.6. The number of rotatable bonds is 6. The molecule has 3 N–H and O–H groups in total. The van der Waals surface area contributed by atoms with Crippen molar-refractivity contribution in [2.75, 3.05) is 25.4 Å². The van der Waals surface area contributed by atoms with Gasteiger partial charge in [-0.25, -0.2) is 0 Å². The lowest BCUT2D eigenvalue weighted by atomic mass is 10.2. The second kappa shape index (κ2) is 8.10. The zero-order valence-corrected chi connectivity index (χ0v) is 13.6. The highest BCUT2D eigenvalue weighted by Gasteiger charge is 2.13. The SMILES string of the molecule is CCN(CC)C(=O)CCNC(=O)c1cc(N)c(Cl)c(Cl)c1. The van der Waals surface area contributed by atoms with Crippen LogP contribution in [0.3, 0.4) is 0 Å². The van der Waals surface area contributed by atoms with E-state index in [9.17, 15) is 9.59 Å². The van der Waals surface area contributed by atoms with Crippen molar-refractivity contribution < 1.29 is 9.59 Å². The smallest absolute Gasteiger partial charge is 0.251 e. The van der Waals surface area contributed by atoms with Crippen LogP contribution in [0.2, 0.25) is 10.0 Å². The van der Waals surface area contributed by atoms with Crippen molar-refractivity contribution in [3.05, 3.63) is 27.7 Å². The largest absolute Gasteiger partial charge is 0.397 e. The number of hydrogen-bond acceptors (Lipinski definition) is 3. The molecule has 0 aliphatic rings. The Morgan fingerprint density at radius 1 is 1.24 bits per heavy atom. The van der Waals surface area contributed by atoms with E-state index in [2.05, 4.69) is 5.32 Å². The van der Waals surface area contributed by atoms with Gasteiger partial charge in [0.05, 0.1) is 15.7 Å². The lowest BCUT2D eigenvalue weighted by Gasteiger charge is -2.18. The van der Waals surface area contributed by atoms with Crippen LogP contribution < -0.4 is 11.1 Å². The first-order valence-corrected chi connectivity index (χ1v) is 7.46. The van der Waals surface area contributed by atoms with E-state index in [1.165, 1.54) is 12.1 Å². The molecule has 0 heterocycles. The van der Waals surface area contributed by atoms with Gasteiger partial charge in [-0.1, -0.05) is 23.2 Å². The second-order valence-corrected chi connectivity index (χ2v) is 5.22. The molecular weight excluding hydrogens is 313 g/mol. The fraction of sp³-hybridized carbons (Fsp3) is 0.429. The van der Waals surface area contributed by atoms with Crippen LogP contribution in [0.5, 0.6) is 0 Å². The van der Waals surface area contributed by atoms with Crippen molar-refractivity contribution in [3.63, 3.8) is 0 Å². The lowest BCUT2D eigenvalue weighted by Crippen LogP contribution is -2.34. The Morgan fingerprint density at radius 3 is 2.38 bits per heavy atom. The molecule has 0 atom stereocenters. The average Bonchev–Trinajstić information content (AvgIpc) is 2.45. The molecule has 1 aromatic carbocycles. The van der Waals surface area contributed by atoms with E-state index < -0.39 is 0 Å².